The van der Waals surface area contributed by atoms with Crippen molar-refractivity contribution >= 4 is 17.7 Å². The molecule has 4 N–H and O–H groups in total. The quantitative estimate of drug-likeness (QED) is 0.279. The van der Waals surface area contributed by atoms with Crippen molar-refractivity contribution in [3.05, 3.63) is 65.2 Å². The number of hydrogen-bond acceptors (Lipinski definition) is 5. The van der Waals surface area contributed by atoms with Crippen LogP contribution in [0.2, 0.25) is 0 Å². The zero-order valence-electron chi connectivity index (χ0n) is 21.5. The highest BCUT2D eigenvalue weighted by atomic mass is 16.5. The van der Waals surface area contributed by atoms with Crippen LogP contribution in [0, 0.1) is 18.8 Å². The fraction of sp³-hybridized carbons (Fsp3) is 0.483. The molecule has 0 unspecified atom stereocenters. The molecule has 0 saturated heterocycles. The van der Waals surface area contributed by atoms with Crippen molar-refractivity contribution in [3.8, 4) is 5.75 Å². The second kappa shape index (κ2) is 15.7. The van der Waals surface area contributed by atoms with Crippen LogP contribution in [0.15, 0.2) is 48.5 Å². The Bertz CT molecular complexity index is 977. The van der Waals surface area contributed by atoms with Gasteiger partial charge in [0.2, 0.25) is 5.91 Å². The SMILES string of the molecule is Cc1ccc(OCCCCN)cc1CNC(=O)[C@H](CCc1ccccc1)CC(=O)[C@@H](C)CCC(=O)O. The average Bonchev–Trinajstić information content (AvgIpc) is 2.87. The number of carbonyl (C=O) groups excluding carboxylic acids is 2. The number of rotatable bonds is 17. The summed E-state index contributed by atoms with van der Waals surface area (Å²) in [6.07, 6.45) is 3.33. The number of carboxylic acid groups (broad SMARTS) is 1. The number of ether oxygens (including phenoxy) is 1. The first kappa shape index (κ1) is 29.0. The Labute approximate surface area is 214 Å². The van der Waals surface area contributed by atoms with Gasteiger partial charge in [-0.05, 0) is 74.4 Å². The largest absolute Gasteiger partial charge is 0.494 e. The van der Waals surface area contributed by atoms with Crippen LogP contribution in [0.1, 0.15) is 62.1 Å². The number of benzene rings is 2. The molecule has 7 heteroatoms. The highest BCUT2D eigenvalue weighted by Crippen LogP contribution is 2.21. The summed E-state index contributed by atoms with van der Waals surface area (Å²) in [7, 11) is 0. The van der Waals surface area contributed by atoms with Crippen LogP contribution in [-0.2, 0) is 27.3 Å². The second-order valence-electron chi connectivity index (χ2n) is 9.38. The zero-order chi connectivity index (χ0) is 26.3. The van der Waals surface area contributed by atoms with Crippen molar-refractivity contribution in [2.24, 2.45) is 17.6 Å². The van der Waals surface area contributed by atoms with E-state index in [1.807, 2.05) is 55.5 Å². The number of aryl methyl sites for hydroxylation is 2. The maximum absolute atomic E-state index is 13.2. The smallest absolute Gasteiger partial charge is 0.303 e. The van der Waals surface area contributed by atoms with Gasteiger partial charge < -0.3 is 20.9 Å². The molecule has 196 valence electrons. The minimum atomic E-state index is -0.922. The molecule has 2 aromatic rings. The van der Waals surface area contributed by atoms with Crippen LogP contribution in [0.25, 0.3) is 0 Å². The normalized spacial score (nSPS) is 12.5. The lowest BCUT2D eigenvalue weighted by atomic mass is 9.88. The maximum Gasteiger partial charge on any atom is 0.303 e. The summed E-state index contributed by atoms with van der Waals surface area (Å²) in [5, 5.41) is 11.9. The molecule has 7 nitrogen and oxygen atoms in total. The van der Waals surface area contributed by atoms with Gasteiger partial charge in [0.05, 0.1) is 6.61 Å². The van der Waals surface area contributed by atoms with Gasteiger partial charge in [-0.1, -0.05) is 43.3 Å². The van der Waals surface area contributed by atoms with E-state index in [4.69, 9.17) is 15.6 Å². The fourth-order valence-electron chi connectivity index (χ4n) is 3.95. The predicted octanol–water partition coefficient (Wildman–Crippen LogP) is 4.44. The summed E-state index contributed by atoms with van der Waals surface area (Å²) in [4.78, 5) is 36.9. The van der Waals surface area contributed by atoms with Gasteiger partial charge in [-0.25, -0.2) is 0 Å². The van der Waals surface area contributed by atoms with Crippen LogP contribution in [0.3, 0.4) is 0 Å². The maximum atomic E-state index is 13.2. The van der Waals surface area contributed by atoms with Crippen LogP contribution in [0.4, 0.5) is 0 Å². The number of aliphatic carboxylic acids is 1. The Kier molecular flexibility index (Phi) is 12.7. The summed E-state index contributed by atoms with van der Waals surface area (Å²) >= 11 is 0. The Hall–Kier alpha value is -3.19. The molecule has 2 aromatic carbocycles. The lowest BCUT2D eigenvalue weighted by Gasteiger charge is -2.19. The van der Waals surface area contributed by atoms with Gasteiger partial charge in [0, 0.05) is 31.2 Å². The van der Waals surface area contributed by atoms with E-state index in [1.54, 1.807) is 6.92 Å². The number of ketones is 1. The summed E-state index contributed by atoms with van der Waals surface area (Å²) in [5.74, 6) is -1.30. The molecule has 0 bridgehead atoms. The Morgan fingerprint density at radius 2 is 1.81 bits per heavy atom. The van der Waals surface area contributed by atoms with E-state index in [9.17, 15) is 14.4 Å². The lowest BCUT2D eigenvalue weighted by molar-refractivity contribution is -0.137. The van der Waals surface area contributed by atoms with Crippen molar-refractivity contribution in [3.63, 3.8) is 0 Å². The molecule has 2 rings (SSSR count). The number of carboxylic acids is 1. The first-order valence-electron chi connectivity index (χ1n) is 12.8. The number of amides is 1. The number of nitrogens with two attached hydrogens (primary N) is 1. The van der Waals surface area contributed by atoms with Crippen molar-refractivity contribution in [1.82, 2.24) is 5.32 Å². The van der Waals surface area contributed by atoms with Gasteiger partial charge in [0.15, 0.2) is 0 Å². The third-order valence-electron chi connectivity index (χ3n) is 6.42. The molecule has 0 fully saturated rings. The van der Waals surface area contributed by atoms with Crippen molar-refractivity contribution in [1.29, 1.82) is 0 Å². The molecule has 36 heavy (non-hydrogen) atoms. The summed E-state index contributed by atoms with van der Waals surface area (Å²) in [6, 6.07) is 15.7. The van der Waals surface area contributed by atoms with E-state index in [2.05, 4.69) is 5.32 Å². The molecule has 1 amide bonds. The van der Waals surface area contributed by atoms with Crippen LogP contribution < -0.4 is 15.8 Å². The Balaban J connectivity index is 2.02. The molecule has 0 radical (unpaired) electrons. The third-order valence-corrected chi connectivity index (χ3v) is 6.42. The predicted molar refractivity (Wildman–Crippen MR) is 141 cm³/mol. The van der Waals surface area contributed by atoms with E-state index in [0.717, 1.165) is 35.3 Å². The van der Waals surface area contributed by atoms with E-state index >= 15 is 0 Å². The molecule has 0 aliphatic rings. The first-order valence-corrected chi connectivity index (χ1v) is 12.8. The molecule has 0 aromatic heterocycles. The highest BCUT2D eigenvalue weighted by molar-refractivity contribution is 5.88. The average molecular weight is 497 g/mol. The monoisotopic (exact) mass is 496 g/mol. The van der Waals surface area contributed by atoms with Gasteiger partial charge in [-0.15, -0.1) is 0 Å². The first-order chi connectivity index (χ1) is 17.3. The topological polar surface area (TPSA) is 119 Å². The van der Waals surface area contributed by atoms with Crippen molar-refractivity contribution in [2.45, 2.75) is 65.3 Å². The van der Waals surface area contributed by atoms with Crippen LogP contribution >= 0.6 is 0 Å². The number of unbranched alkanes of at least 4 members (excludes halogenated alkanes) is 1. The molecule has 0 saturated carbocycles. The zero-order valence-corrected chi connectivity index (χ0v) is 21.5. The molecule has 0 spiro atoms. The van der Waals surface area contributed by atoms with Crippen molar-refractivity contribution in [2.75, 3.05) is 13.2 Å². The minimum Gasteiger partial charge on any atom is -0.494 e. The van der Waals surface area contributed by atoms with E-state index in [-0.39, 0.29) is 31.0 Å². The van der Waals surface area contributed by atoms with Gasteiger partial charge in [0.1, 0.15) is 11.5 Å². The highest BCUT2D eigenvalue weighted by Gasteiger charge is 2.25. The summed E-state index contributed by atoms with van der Waals surface area (Å²) in [6.45, 7) is 5.30. The minimum absolute atomic E-state index is 0.0578. The van der Waals surface area contributed by atoms with Gasteiger partial charge in [0.25, 0.3) is 0 Å². The molecule has 0 heterocycles. The molecule has 0 aliphatic carbocycles. The van der Waals surface area contributed by atoms with E-state index in [0.29, 0.717) is 32.5 Å². The molecular formula is C29H40N2O5. The number of nitrogens with one attached hydrogen (secondary N) is 1. The summed E-state index contributed by atoms with van der Waals surface area (Å²) in [5.41, 5.74) is 8.65. The van der Waals surface area contributed by atoms with Gasteiger partial charge >= 0.3 is 5.97 Å². The summed E-state index contributed by atoms with van der Waals surface area (Å²) < 4.78 is 5.81. The Morgan fingerprint density at radius 1 is 1.06 bits per heavy atom. The Morgan fingerprint density at radius 3 is 2.50 bits per heavy atom. The molecule has 0 aliphatic heterocycles. The van der Waals surface area contributed by atoms with Crippen LogP contribution in [0.5, 0.6) is 5.75 Å². The van der Waals surface area contributed by atoms with Gasteiger partial charge in [-0.3, -0.25) is 14.4 Å². The number of carbonyl (C=O) groups is 3. The van der Waals surface area contributed by atoms with Gasteiger partial charge in [-0.2, -0.15) is 0 Å². The lowest BCUT2D eigenvalue weighted by Crippen LogP contribution is -2.33. The van der Waals surface area contributed by atoms with Crippen LogP contribution in [-0.4, -0.2) is 35.9 Å². The van der Waals surface area contributed by atoms with E-state index in [1.165, 1.54) is 0 Å². The second-order valence-corrected chi connectivity index (χ2v) is 9.38. The fourth-order valence-corrected chi connectivity index (χ4v) is 3.95. The third kappa shape index (κ3) is 10.6. The van der Waals surface area contributed by atoms with E-state index < -0.39 is 17.8 Å². The van der Waals surface area contributed by atoms with Crippen molar-refractivity contribution < 1.29 is 24.2 Å². The number of hydrogen-bond donors (Lipinski definition) is 3. The standard InChI is InChI=1S/C29H40N2O5/c1-21-10-14-26(36-17-7-6-16-30)18-25(21)20-31-29(35)24(13-12-23-8-4-3-5-9-23)19-27(32)22(2)11-15-28(33)34/h3-5,8-10,14,18,22,24H,6-7,11-13,15-17,19-20,30H2,1-2H3,(H,31,35)(H,33,34)/t22-,24+/m0/s1. The molecule has 2 atom stereocenters. The molecular weight excluding hydrogens is 456 g/mol. The number of Topliss-reactive ketones (excluding diaryl/α,β-unsaturated/α-hetero) is 1.